The van der Waals surface area contributed by atoms with Crippen molar-refractivity contribution in [1.29, 1.82) is 5.41 Å². The minimum absolute atomic E-state index is 0.0625. The summed E-state index contributed by atoms with van der Waals surface area (Å²) < 4.78 is 0. The van der Waals surface area contributed by atoms with Gasteiger partial charge in [-0.25, -0.2) is 0 Å². The molecule has 0 bridgehead atoms. The van der Waals surface area contributed by atoms with Crippen LogP contribution in [0.4, 0.5) is 0 Å². The van der Waals surface area contributed by atoms with E-state index in [1.165, 1.54) is 19.6 Å². The van der Waals surface area contributed by atoms with E-state index >= 15 is 0 Å². The molecule has 0 saturated heterocycles. The quantitative estimate of drug-likeness (QED) is 0.639. The van der Waals surface area contributed by atoms with Crippen molar-refractivity contribution in [3.8, 4) is 0 Å². The van der Waals surface area contributed by atoms with Gasteiger partial charge in [-0.05, 0) is 12.8 Å². The first-order chi connectivity index (χ1) is 8.29. The van der Waals surface area contributed by atoms with Crippen molar-refractivity contribution in [3.05, 3.63) is 12.3 Å². The summed E-state index contributed by atoms with van der Waals surface area (Å²) >= 11 is 0. The van der Waals surface area contributed by atoms with Crippen LogP contribution in [0.1, 0.15) is 48.0 Å². The van der Waals surface area contributed by atoms with Gasteiger partial charge in [0.15, 0.2) is 0 Å². The van der Waals surface area contributed by atoms with Crippen molar-refractivity contribution >= 4 is 12.1 Å². The molecule has 2 unspecified atom stereocenters. The van der Waals surface area contributed by atoms with E-state index in [0.29, 0.717) is 0 Å². The van der Waals surface area contributed by atoms with Gasteiger partial charge >= 0.3 is 0 Å². The zero-order chi connectivity index (χ0) is 14.7. The molecule has 3 N–H and O–H groups in total. The van der Waals surface area contributed by atoms with Crippen molar-refractivity contribution in [2.45, 2.75) is 60.0 Å². The molecule has 0 aliphatic rings. The monoisotopic (exact) mass is 255 g/mol. The summed E-state index contributed by atoms with van der Waals surface area (Å²) in [4.78, 5) is 11.0. The fourth-order valence-corrected chi connectivity index (χ4v) is 1.30. The van der Waals surface area contributed by atoms with Crippen LogP contribution in [0.5, 0.6) is 0 Å². The smallest absolute Gasteiger partial charge is 0.217 e. The van der Waals surface area contributed by atoms with Gasteiger partial charge in [0.2, 0.25) is 5.91 Å². The standard InChI is InChI=1S/C11H21N3O.C3H8/c1-7(2)11(14-10(5)15)9(4)13-8(3)6-12;1-3-2/h6-8,11-13H,4H2,1-3,5H3,(H,14,15);3H2,1-2H3. The SMILES string of the molecule is C=C(NC(C)C=N)C(NC(C)=O)C(C)C.CCC. The molecule has 0 spiro atoms. The van der Waals surface area contributed by atoms with Crippen LogP contribution in [0.2, 0.25) is 0 Å². The van der Waals surface area contributed by atoms with Gasteiger partial charge in [-0.15, -0.1) is 0 Å². The molecule has 0 fully saturated rings. The number of nitrogens with one attached hydrogen (secondary N) is 3. The van der Waals surface area contributed by atoms with Gasteiger partial charge in [0.05, 0.1) is 12.1 Å². The molecule has 0 saturated carbocycles. The molecule has 4 heteroatoms. The Hall–Kier alpha value is -1.32. The number of hydrogen-bond donors (Lipinski definition) is 3. The average Bonchev–Trinajstić information content (AvgIpc) is 2.25. The Balaban J connectivity index is 0. The molecule has 1 amide bonds. The molecular weight excluding hydrogens is 226 g/mol. The van der Waals surface area contributed by atoms with E-state index in [-0.39, 0.29) is 23.9 Å². The fraction of sp³-hybridized carbons (Fsp3) is 0.714. The number of amides is 1. The molecule has 0 radical (unpaired) electrons. The second-order valence-electron chi connectivity index (χ2n) is 4.75. The maximum absolute atomic E-state index is 11.0. The molecule has 0 aromatic heterocycles. The van der Waals surface area contributed by atoms with Crippen molar-refractivity contribution in [2.24, 2.45) is 5.92 Å². The highest BCUT2D eigenvalue weighted by Gasteiger charge is 2.18. The van der Waals surface area contributed by atoms with Crippen molar-refractivity contribution < 1.29 is 4.79 Å². The second-order valence-corrected chi connectivity index (χ2v) is 4.75. The number of carbonyl (C=O) groups is 1. The van der Waals surface area contributed by atoms with E-state index in [1.807, 2.05) is 20.8 Å². The molecule has 0 aromatic carbocycles. The minimum Gasteiger partial charge on any atom is -0.380 e. The predicted octanol–water partition coefficient (Wildman–Crippen LogP) is 2.70. The van der Waals surface area contributed by atoms with Crippen LogP contribution < -0.4 is 10.6 Å². The predicted molar refractivity (Wildman–Crippen MR) is 78.9 cm³/mol. The number of carbonyl (C=O) groups excluding carboxylic acids is 1. The summed E-state index contributed by atoms with van der Waals surface area (Å²) in [6.07, 6.45) is 2.55. The van der Waals surface area contributed by atoms with Crippen LogP contribution in [0.3, 0.4) is 0 Å². The summed E-state index contributed by atoms with van der Waals surface area (Å²) in [7, 11) is 0. The third-order valence-electron chi connectivity index (χ3n) is 2.06. The second kappa shape index (κ2) is 10.8. The highest BCUT2D eigenvalue weighted by atomic mass is 16.1. The van der Waals surface area contributed by atoms with Crippen LogP contribution in [0, 0.1) is 11.3 Å². The highest BCUT2D eigenvalue weighted by molar-refractivity contribution is 5.73. The Morgan fingerprint density at radius 3 is 2.00 bits per heavy atom. The van der Waals surface area contributed by atoms with Gasteiger partial charge in [0, 0.05) is 18.8 Å². The lowest BCUT2D eigenvalue weighted by molar-refractivity contribution is -0.119. The topological polar surface area (TPSA) is 65.0 Å². The first-order valence-corrected chi connectivity index (χ1v) is 6.53. The zero-order valence-electron chi connectivity index (χ0n) is 12.6. The summed E-state index contributed by atoms with van der Waals surface area (Å²) in [5.41, 5.74) is 0.746. The summed E-state index contributed by atoms with van der Waals surface area (Å²) in [5, 5.41) is 13.0. The van der Waals surface area contributed by atoms with Gasteiger partial charge in [-0.2, -0.15) is 0 Å². The van der Waals surface area contributed by atoms with E-state index in [0.717, 1.165) is 5.70 Å². The van der Waals surface area contributed by atoms with E-state index in [1.54, 1.807) is 0 Å². The third-order valence-corrected chi connectivity index (χ3v) is 2.06. The average molecular weight is 255 g/mol. The normalized spacial score (nSPS) is 12.8. The molecular formula is C14H29N3O. The lowest BCUT2D eigenvalue weighted by atomic mass is 10.0. The van der Waals surface area contributed by atoms with Gasteiger partial charge in [0.25, 0.3) is 0 Å². The Labute approximate surface area is 112 Å². The maximum Gasteiger partial charge on any atom is 0.217 e. The molecule has 4 nitrogen and oxygen atoms in total. The molecule has 0 aliphatic heterocycles. The molecule has 0 aliphatic carbocycles. The van der Waals surface area contributed by atoms with Crippen molar-refractivity contribution in [3.63, 3.8) is 0 Å². The van der Waals surface area contributed by atoms with Gasteiger partial charge in [-0.1, -0.05) is 40.7 Å². The Kier molecular flexibility index (Phi) is 11.4. The van der Waals surface area contributed by atoms with Crippen LogP contribution in [0.15, 0.2) is 12.3 Å². The number of rotatable bonds is 6. The lowest BCUT2D eigenvalue weighted by Crippen LogP contribution is -2.44. The van der Waals surface area contributed by atoms with E-state index in [4.69, 9.17) is 5.41 Å². The summed E-state index contributed by atoms with van der Waals surface area (Å²) in [6.45, 7) is 15.5. The Morgan fingerprint density at radius 1 is 1.28 bits per heavy atom. The first kappa shape index (κ1) is 19.0. The van der Waals surface area contributed by atoms with Gasteiger partial charge < -0.3 is 16.0 Å². The van der Waals surface area contributed by atoms with Crippen molar-refractivity contribution in [1.82, 2.24) is 10.6 Å². The Bertz CT molecular complexity index is 262. The molecule has 106 valence electrons. The molecule has 0 aromatic rings. The third kappa shape index (κ3) is 9.87. The van der Waals surface area contributed by atoms with Crippen LogP contribution in [-0.4, -0.2) is 24.2 Å². The maximum atomic E-state index is 11.0. The largest absolute Gasteiger partial charge is 0.380 e. The molecule has 0 rings (SSSR count). The fourth-order valence-electron chi connectivity index (χ4n) is 1.30. The van der Waals surface area contributed by atoms with Crippen LogP contribution in [-0.2, 0) is 4.79 Å². The van der Waals surface area contributed by atoms with Crippen molar-refractivity contribution in [2.75, 3.05) is 0 Å². The van der Waals surface area contributed by atoms with E-state index in [9.17, 15) is 4.79 Å². The summed E-state index contributed by atoms with van der Waals surface area (Å²) in [5.74, 6) is 0.200. The van der Waals surface area contributed by atoms with Gasteiger partial charge in [0.1, 0.15) is 0 Å². The van der Waals surface area contributed by atoms with Crippen LogP contribution in [0.25, 0.3) is 0 Å². The first-order valence-electron chi connectivity index (χ1n) is 6.53. The minimum atomic E-state index is -0.0927. The molecule has 2 atom stereocenters. The van der Waals surface area contributed by atoms with E-state index < -0.39 is 0 Å². The van der Waals surface area contributed by atoms with Gasteiger partial charge in [-0.3, -0.25) is 4.79 Å². The van der Waals surface area contributed by atoms with E-state index in [2.05, 4.69) is 31.1 Å². The number of hydrogen-bond acceptors (Lipinski definition) is 3. The highest BCUT2D eigenvalue weighted by Crippen LogP contribution is 2.08. The Morgan fingerprint density at radius 2 is 1.72 bits per heavy atom. The zero-order valence-corrected chi connectivity index (χ0v) is 12.6. The van der Waals surface area contributed by atoms with Crippen LogP contribution >= 0.6 is 0 Å². The molecule has 0 heterocycles. The molecule has 18 heavy (non-hydrogen) atoms. The summed E-state index contributed by atoms with van der Waals surface area (Å²) in [6, 6.07) is -0.155. The lowest BCUT2D eigenvalue weighted by Gasteiger charge is -2.26.